The number of rotatable bonds is 0. The van der Waals surface area contributed by atoms with E-state index in [2.05, 4.69) is 26.0 Å². The number of nitrogens with zero attached hydrogens (tertiary/aromatic N) is 1. The van der Waals surface area contributed by atoms with Crippen LogP contribution in [-0.4, -0.2) is 9.97 Å². The molecule has 1 aromatic rings. The first-order valence-electron chi connectivity index (χ1n) is 1.53. The molecule has 1 rings (SSSR count). The van der Waals surface area contributed by atoms with Crippen molar-refractivity contribution in [2.45, 2.75) is 0 Å². The summed E-state index contributed by atoms with van der Waals surface area (Å²) in [6.07, 6.45) is 3.41. The molecule has 0 aromatic carbocycles. The molecule has 0 fully saturated rings. The fourth-order valence-corrected chi connectivity index (χ4v) is 0.416. The van der Waals surface area contributed by atoms with Crippen LogP contribution in [0.25, 0.3) is 0 Å². The van der Waals surface area contributed by atoms with E-state index in [9.17, 15) is 0 Å². The Kier molecular flexibility index (Phi) is 3.38. The number of hydrogen-bond donors (Lipinski definition) is 1. The van der Waals surface area contributed by atoms with Gasteiger partial charge in [-0.3, -0.25) is 0 Å². The van der Waals surface area contributed by atoms with Crippen LogP contribution in [-0.2, 0) is 32.8 Å². The molecule has 2 nitrogen and oxygen atoms in total. The van der Waals surface area contributed by atoms with Crippen LogP contribution in [0.15, 0.2) is 12.4 Å². The zero-order chi connectivity index (χ0) is 4.41. The predicted molar refractivity (Wildman–Crippen MR) is 18.2 cm³/mol. The SMILES string of the molecule is [Co].[Fe][c]1ncc[nH]1. The fourth-order valence-electron chi connectivity index (χ4n) is 0.242. The molecule has 0 aliphatic carbocycles. The van der Waals surface area contributed by atoms with Crippen molar-refractivity contribution in [3.63, 3.8) is 0 Å². The Bertz CT molecular complexity index is 116. The van der Waals surface area contributed by atoms with Crippen molar-refractivity contribution in [1.29, 1.82) is 0 Å². The van der Waals surface area contributed by atoms with Crippen molar-refractivity contribution < 1.29 is 32.8 Å². The molecule has 42 valence electrons. The third-order valence-corrected chi connectivity index (χ3v) is 0.760. The second kappa shape index (κ2) is 3.27. The maximum atomic E-state index is 3.75. The van der Waals surface area contributed by atoms with E-state index >= 15 is 0 Å². The monoisotopic (exact) mass is 182 g/mol. The summed E-state index contributed by atoms with van der Waals surface area (Å²) in [5.74, 6) is 0. The van der Waals surface area contributed by atoms with E-state index in [0.29, 0.717) is 0 Å². The molecular weight excluding hydrogens is 179 g/mol. The Morgan fingerprint density at radius 1 is 1.71 bits per heavy atom. The molecule has 0 saturated heterocycles. The van der Waals surface area contributed by atoms with Crippen molar-refractivity contribution in [1.82, 2.24) is 9.97 Å². The summed E-state index contributed by atoms with van der Waals surface area (Å²) >= 11 is 3.51. The van der Waals surface area contributed by atoms with Crippen LogP contribution < -0.4 is 4.72 Å². The van der Waals surface area contributed by atoms with Gasteiger partial charge in [0.1, 0.15) is 0 Å². The second-order valence-electron chi connectivity index (χ2n) is 0.868. The van der Waals surface area contributed by atoms with Crippen molar-refractivity contribution >= 4 is 4.72 Å². The van der Waals surface area contributed by atoms with Gasteiger partial charge in [-0.05, 0) is 0 Å². The van der Waals surface area contributed by atoms with Gasteiger partial charge >= 0.3 is 43.1 Å². The number of hydrogen-bond acceptors (Lipinski definition) is 1. The summed E-state index contributed by atoms with van der Waals surface area (Å²) in [6.45, 7) is 0. The number of aromatic amines is 1. The molecule has 0 aliphatic heterocycles. The summed E-state index contributed by atoms with van der Waals surface area (Å²) in [5, 5.41) is 0. The summed E-state index contributed by atoms with van der Waals surface area (Å²) in [6, 6.07) is 0. The number of H-pyrrole nitrogens is 1. The fraction of sp³-hybridized carbons (Fsp3) is 0. The van der Waals surface area contributed by atoms with Crippen LogP contribution in [0.2, 0.25) is 0 Å². The molecule has 1 aromatic heterocycles. The van der Waals surface area contributed by atoms with Gasteiger partial charge in [-0.1, -0.05) is 0 Å². The molecule has 0 unspecified atom stereocenters. The molecule has 0 atom stereocenters. The molecule has 0 bridgehead atoms. The average Bonchev–Trinajstić information content (AvgIpc) is 1.86. The van der Waals surface area contributed by atoms with E-state index in [1.807, 2.05) is 0 Å². The van der Waals surface area contributed by atoms with E-state index < -0.39 is 0 Å². The Hall–Kier alpha value is 0.236. The maximum absolute atomic E-state index is 3.75. The van der Waals surface area contributed by atoms with E-state index in [4.69, 9.17) is 0 Å². The van der Waals surface area contributed by atoms with E-state index in [1.54, 1.807) is 12.4 Å². The van der Waals surface area contributed by atoms with Gasteiger partial charge in [0.05, 0.1) is 0 Å². The molecular formula is C3H3CoFeN2. The molecule has 1 radical (unpaired) electrons. The van der Waals surface area contributed by atoms with E-state index in [0.717, 1.165) is 4.72 Å². The minimum absolute atomic E-state index is 0. The van der Waals surface area contributed by atoms with Crippen molar-refractivity contribution in [3.05, 3.63) is 12.4 Å². The Balaban J connectivity index is 0.000000360. The van der Waals surface area contributed by atoms with Gasteiger partial charge in [-0.25, -0.2) is 0 Å². The first kappa shape index (κ1) is 7.24. The molecule has 0 aliphatic rings. The van der Waals surface area contributed by atoms with Crippen LogP contribution in [0.1, 0.15) is 0 Å². The van der Waals surface area contributed by atoms with Crippen LogP contribution in [0, 0.1) is 0 Å². The quantitative estimate of drug-likeness (QED) is 0.542. The van der Waals surface area contributed by atoms with E-state index in [1.165, 1.54) is 0 Å². The van der Waals surface area contributed by atoms with Crippen LogP contribution >= 0.6 is 0 Å². The van der Waals surface area contributed by atoms with E-state index in [-0.39, 0.29) is 16.8 Å². The normalized spacial score (nSPS) is 7.57. The Morgan fingerprint density at radius 3 is 2.57 bits per heavy atom. The number of nitrogens with one attached hydrogen (secondary N) is 1. The molecule has 0 amide bonds. The predicted octanol–water partition coefficient (Wildman–Crippen LogP) is -0.421. The van der Waals surface area contributed by atoms with Gasteiger partial charge in [0.2, 0.25) is 0 Å². The van der Waals surface area contributed by atoms with Gasteiger partial charge in [0.15, 0.2) is 0 Å². The van der Waals surface area contributed by atoms with Gasteiger partial charge in [0, 0.05) is 16.8 Å². The second-order valence-corrected chi connectivity index (χ2v) is 1.39. The van der Waals surface area contributed by atoms with Crippen molar-refractivity contribution in [2.24, 2.45) is 0 Å². The molecule has 0 spiro atoms. The van der Waals surface area contributed by atoms with Gasteiger partial charge in [-0.15, -0.1) is 0 Å². The van der Waals surface area contributed by atoms with Crippen LogP contribution in [0.5, 0.6) is 0 Å². The summed E-state index contributed by atoms with van der Waals surface area (Å²) in [4.78, 5) is 6.53. The Morgan fingerprint density at radius 2 is 2.43 bits per heavy atom. The Labute approximate surface area is 60.1 Å². The zero-order valence-corrected chi connectivity index (χ0v) is 5.43. The first-order valence-corrected chi connectivity index (χ1v) is 2.08. The standard InChI is InChI=1S/C3H3N2.Co.Fe/c1-2-5-3-4-1;;/h1-2H,(H,4,5);;. The summed E-state index contributed by atoms with van der Waals surface area (Å²) in [5.41, 5.74) is 0. The van der Waals surface area contributed by atoms with Gasteiger partial charge in [-0.2, -0.15) is 0 Å². The third kappa shape index (κ3) is 2.14. The summed E-state index contributed by atoms with van der Waals surface area (Å²) in [7, 11) is 0. The topological polar surface area (TPSA) is 28.7 Å². The molecule has 7 heavy (non-hydrogen) atoms. The zero-order valence-electron chi connectivity index (χ0n) is 3.29. The average molecular weight is 182 g/mol. The third-order valence-electron chi connectivity index (χ3n) is 0.458. The van der Waals surface area contributed by atoms with Crippen molar-refractivity contribution in [2.75, 3.05) is 0 Å². The minimum atomic E-state index is 0. The van der Waals surface area contributed by atoms with Crippen molar-refractivity contribution in [3.8, 4) is 0 Å². The van der Waals surface area contributed by atoms with Crippen LogP contribution in [0.4, 0.5) is 0 Å². The van der Waals surface area contributed by atoms with Gasteiger partial charge in [0.25, 0.3) is 0 Å². The van der Waals surface area contributed by atoms with Crippen LogP contribution in [0.3, 0.4) is 0 Å². The van der Waals surface area contributed by atoms with Gasteiger partial charge < -0.3 is 0 Å². The molecule has 0 saturated carbocycles. The summed E-state index contributed by atoms with van der Waals surface area (Å²) < 4.78 is 0.718. The molecule has 4 heteroatoms. The molecule has 1 N–H and O–H groups in total. The first-order chi connectivity index (χ1) is 2.89. The number of imidazole rings is 1. The number of aromatic nitrogens is 2. The molecule has 1 heterocycles.